The van der Waals surface area contributed by atoms with Gasteiger partial charge in [-0.2, -0.15) is 0 Å². The molecule has 1 unspecified atom stereocenters. The third kappa shape index (κ3) is 3.83. The van der Waals surface area contributed by atoms with Gasteiger partial charge in [0.05, 0.1) is 6.04 Å². The van der Waals surface area contributed by atoms with Gasteiger partial charge in [-0.25, -0.2) is 0 Å². The summed E-state index contributed by atoms with van der Waals surface area (Å²) in [5, 5.41) is 0. The summed E-state index contributed by atoms with van der Waals surface area (Å²) in [6.07, 6.45) is 1.60. The first-order valence-electron chi connectivity index (χ1n) is 9.56. The highest BCUT2D eigenvalue weighted by Gasteiger charge is 2.39. The Hall–Kier alpha value is -2.92. The van der Waals surface area contributed by atoms with Crippen molar-refractivity contribution in [2.75, 3.05) is 0 Å². The zero-order valence-electron chi connectivity index (χ0n) is 15.8. The smallest absolute Gasteiger partial charge is 0.255 e. The van der Waals surface area contributed by atoms with E-state index in [2.05, 4.69) is 22.0 Å². The molecule has 3 aromatic rings. The number of fused-ring (bicyclic) bond motifs is 1. The predicted molar refractivity (Wildman–Crippen MR) is 116 cm³/mol. The number of halogens is 1. The summed E-state index contributed by atoms with van der Waals surface area (Å²) in [4.78, 5) is 28.0. The Bertz CT molecular complexity index is 1040. The van der Waals surface area contributed by atoms with Crippen molar-refractivity contribution < 1.29 is 9.59 Å². The molecule has 5 heteroatoms. The van der Waals surface area contributed by atoms with Crippen LogP contribution in [0, 0.1) is 0 Å². The van der Waals surface area contributed by atoms with E-state index < -0.39 is 11.9 Å². The highest BCUT2D eigenvalue weighted by atomic mass is 79.9. The first kappa shape index (κ1) is 19.4. The van der Waals surface area contributed by atoms with E-state index in [0.717, 1.165) is 22.9 Å². The summed E-state index contributed by atoms with van der Waals surface area (Å²) in [7, 11) is 0. The van der Waals surface area contributed by atoms with Gasteiger partial charge in [0.25, 0.3) is 5.91 Å². The molecule has 4 rings (SSSR count). The molecule has 146 valence electrons. The van der Waals surface area contributed by atoms with E-state index >= 15 is 0 Å². The highest BCUT2D eigenvalue weighted by molar-refractivity contribution is 9.10. The van der Waals surface area contributed by atoms with Crippen molar-refractivity contribution in [3.8, 4) is 0 Å². The molecule has 2 atom stereocenters. The zero-order chi connectivity index (χ0) is 20.4. The predicted octanol–water partition coefficient (Wildman–Crippen LogP) is 4.81. The summed E-state index contributed by atoms with van der Waals surface area (Å²) >= 11 is 3.54. The summed E-state index contributed by atoms with van der Waals surface area (Å²) in [5.74, 6) is -0.736. The Labute approximate surface area is 178 Å². The maximum atomic E-state index is 13.7. The van der Waals surface area contributed by atoms with Gasteiger partial charge in [-0.1, -0.05) is 70.5 Å². The molecule has 4 nitrogen and oxygen atoms in total. The van der Waals surface area contributed by atoms with E-state index in [-0.39, 0.29) is 11.9 Å². The summed E-state index contributed by atoms with van der Waals surface area (Å²) in [6.45, 7) is 0. The number of nitrogens with zero attached hydrogens (tertiary/aromatic N) is 1. The van der Waals surface area contributed by atoms with E-state index in [9.17, 15) is 9.59 Å². The first-order chi connectivity index (χ1) is 14.1. The Morgan fingerprint density at radius 2 is 1.62 bits per heavy atom. The maximum absolute atomic E-state index is 13.7. The molecule has 0 aromatic heterocycles. The summed E-state index contributed by atoms with van der Waals surface area (Å²) in [5.41, 5.74) is 9.37. The Morgan fingerprint density at radius 1 is 0.966 bits per heavy atom. The number of rotatable bonds is 5. The van der Waals surface area contributed by atoms with Crippen LogP contribution < -0.4 is 5.73 Å². The van der Waals surface area contributed by atoms with Crippen LogP contribution in [0.15, 0.2) is 83.3 Å². The third-order valence-corrected chi connectivity index (χ3v) is 5.90. The van der Waals surface area contributed by atoms with E-state index in [1.165, 1.54) is 5.56 Å². The van der Waals surface area contributed by atoms with Crippen LogP contribution in [0.1, 0.15) is 45.6 Å². The molecule has 0 heterocycles. The van der Waals surface area contributed by atoms with Crippen LogP contribution in [0.4, 0.5) is 0 Å². The molecule has 0 radical (unpaired) electrons. The van der Waals surface area contributed by atoms with Gasteiger partial charge in [0.2, 0.25) is 5.91 Å². The molecule has 0 saturated heterocycles. The van der Waals surface area contributed by atoms with Crippen LogP contribution in [0.5, 0.6) is 0 Å². The number of benzene rings is 3. The average molecular weight is 449 g/mol. The molecule has 0 aliphatic heterocycles. The molecule has 0 fully saturated rings. The van der Waals surface area contributed by atoms with Gasteiger partial charge in [-0.3, -0.25) is 9.59 Å². The van der Waals surface area contributed by atoms with Gasteiger partial charge < -0.3 is 10.6 Å². The number of carbonyl (C=O) groups excluding carboxylic acids is 2. The van der Waals surface area contributed by atoms with Crippen LogP contribution >= 0.6 is 15.9 Å². The lowest BCUT2D eigenvalue weighted by molar-refractivity contribution is -0.123. The minimum Gasteiger partial charge on any atom is -0.368 e. The van der Waals surface area contributed by atoms with Crippen molar-refractivity contribution in [3.05, 3.63) is 106 Å². The van der Waals surface area contributed by atoms with Gasteiger partial charge in [-0.05, 0) is 53.8 Å². The van der Waals surface area contributed by atoms with Gasteiger partial charge in [0.15, 0.2) is 0 Å². The molecule has 2 N–H and O–H groups in total. The van der Waals surface area contributed by atoms with Crippen molar-refractivity contribution in [3.63, 3.8) is 0 Å². The fourth-order valence-corrected chi connectivity index (χ4v) is 4.48. The number of carbonyl (C=O) groups is 2. The standard InChI is InChI=1S/C24H21BrN2O2/c25-19-13-11-16-12-14-21(20(16)15-19)27(24(29)18-9-5-2-6-10-18)22(23(26)28)17-7-3-1-4-8-17/h1-11,13,15,21-22H,12,14H2,(H2,26,28)/t21-,22?/m1/s1. The molecule has 1 aliphatic rings. The van der Waals surface area contributed by atoms with Crippen molar-refractivity contribution in [1.82, 2.24) is 4.90 Å². The molecule has 3 aromatic carbocycles. The van der Waals surface area contributed by atoms with Gasteiger partial charge in [-0.15, -0.1) is 0 Å². The van der Waals surface area contributed by atoms with E-state index in [0.29, 0.717) is 11.1 Å². The number of hydrogen-bond donors (Lipinski definition) is 1. The number of hydrogen-bond acceptors (Lipinski definition) is 2. The van der Waals surface area contributed by atoms with Crippen LogP contribution in [0.3, 0.4) is 0 Å². The second kappa shape index (κ2) is 8.21. The number of primary amides is 1. The van der Waals surface area contributed by atoms with E-state index in [1.807, 2.05) is 60.7 Å². The van der Waals surface area contributed by atoms with Crippen LogP contribution in [-0.2, 0) is 11.2 Å². The van der Waals surface area contributed by atoms with Crippen LogP contribution in [0.2, 0.25) is 0 Å². The molecule has 1 aliphatic carbocycles. The lowest BCUT2D eigenvalue weighted by atomic mass is 9.98. The molecule has 29 heavy (non-hydrogen) atoms. The van der Waals surface area contributed by atoms with Gasteiger partial charge in [0.1, 0.15) is 6.04 Å². The number of nitrogens with two attached hydrogens (primary N) is 1. The normalized spacial score (nSPS) is 16.1. The van der Waals surface area contributed by atoms with E-state index in [1.54, 1.807) is 17.0 Å². The lowest BCUT2D eigenvalue weighted by Gasteiger charge is -2.36. The fourth-order valence-electron chi connectivity index (χ4n) is 4.11. The topological polar surface area (TPSA) is 63.4 Å². The molecule has 0 bridgehead atoms. The van der Waals surface area contributed by atoms with Crippen LogP contribution in [0.25, 0.3) is 0 Å². The van der Waals surface area contributed by atoms with Crippen molar-refractivity contribution >= 4 is 27.7 Å². The van der Waals surface area contributed by atoms with Gasteiger partial charge in [0, 0.05) is 10.0 Å². The zero-order valence-corrected chi connectivity index (χ0v) is 17.4. The first-order valence-corrected chi connectivity index (χ1v) is 10.4. The quantitative estimate of drug-likeness (QED) is 0.608. The second-order valence-corrected chi connectivity index (χ2v) is 8.11. The molecule has 0 saturated carbocycles. The minimum atomic E-state index is -0.848. The fraction of sp³-hybridized carbons (Fsp3) is 0.167. The van der Waals surface area contributed by atoms with Crippen molar-refractivity contribution in [1.29, 1.82) is 0 Å². The van der Waals surface area contributed by atoms with E-state index in [4.69, 9.17) is 5.73 Å². The Morgan fingerprint density at radius 3 is 2.28 bits per heavy atom. The minimum absolute atomic E-state index is 0.198. The largest absolute Gasteiger partial charge is 0.368 e. The molecular weight excluding hydrogens is 428 g/mol. The third-order valence-electron chi connectivity index (χ3n) is 5.41. The van der Waals surface area contributed by atoms with Crippen molar-refractivity contribution in [2.45, 2.75) is 24.9 Å². The Kier molecular flexibility index (Phi) is 5.49. The summed E-state index contributed by atoms with van der Waals surface area (Å²) < 4.78 is 0.950. The maximum Gasteiger partial charge on any atom is 0.255 e. The highest BCUT2D eigenvalue weighted by Crippen LogP contribution is 2.42. The monoisotopic (exact) mass is 448 g/mol. The SMILES string of the molecule is NC(=O)C(c1ccccc1)N(C(=O)c1ccccc1)[C@@H]1CCc2ccc(Br)cc21. The van der Waals surface area contributed by atoms with Crippen molar-refractivity contribution in [2.24, 2.45) is 5.73 Å². The molecular formula is C24H21BrN2O2. The second-order valence-electron chi connectivity index (χ2n) is 7.19. The lowest BCUT2D eigenvalue weighted by Crippen LogP contribution is -2.43. The average Bonchev–Trinajstić information content (AvgIpc) is 3.15. The summed E-state index contributed by atoms with van der Waals surface area (Å²) in [6, 6.07) is 23.4. The van der Waals surface area contributed by atoms with Crippen LogP contribution in [-0.4, -0.2) is 16.7 Å². The Balaban J connectivity index is 1.86. The molecule has 0 spiro atoms. The van der Waals surface area contributed by atoms with Gasteiger partial charge >= 0.3 is 0 Å². The number of amides is 2. The number of aryl methyl sites for hydroxylation is 1. The molecule has 2 amide bonds.